The monoisotopic (exact) mass is 297 g/mol. The maximum absolute atomic E-state index is 12.0. The molecular weight excluding hydrogens is 282 g/mol. The first kappa shape index (κ1) is 14.5. The number of esters is 1. The number of hydrogen-bond donors (Lipinski definition) is 2. The Morgan fingerprint density at radius 1 is 1.50 bits per heavy atom. The molecule has 7 heteroatoms. The van der Waals surface area contributed by atoms with Gasteiger partial charge in [-0.25, -0.2) is 0 Å². The zero-order valence-corrected chi connectivity index (χ0v) is 11.7. The minimum absolute atomic E-state index is 0.0349. The number of thiophene rings is 1. The van der Waals surface area contributed by atoms with Gasteiger partial charge in [0.2, 0.25) is 5.91 Å². The van der Waals surface area contributed by atoms with Crippen LogP contribution >= 0.6 is 11.3 Å². The summed E-state index contributed by atoms with van der Waals surface area (Å²) in [7, 11) is 1.29. The summed E-state index contributed by atoms with van der Waals surface area (Å²) in [6.07, 6.45) is 0.393. The Balaban J connectivity index is 1.99. The molecule has 0 aromatic carbocycles. The molecule has 2 rings (SSSR count). The zero-order valence-electron chi connectivity index (χ0n) is 10.9. The van der Waals surface area contributed by atoms with Gasteiger partial charge in [0.25, 0.3) is 0 Å². The van der Waals surface area contributed by atoms with Crippen LogP contribution in [0.2, 0.25) is 0 Å². The second-order valence-electron chi connectivity index (χ2n) is 4.64. The van der Waals surface area contributed by atoms with E-state index in [0.717, 1.165) is 4.88 Å². The number of aliphatic carboxylic acids is 1. The van der Waals surface area contributed by atoms with E-state index in [1.54, 1.807) is 0 Å². The number of hydrogen-bond acceptors (Lipinski definition) is 5. The van der Waals surface area contributed by atoms with Gasteiger partial charge in [-0.1, -0.05) is 6.07 Å². The van der Waals surface area contributed by atoms with Crippen molar-refractivity contribution < 1.29 is 24.2 Å². The predicted octanol–water partition coefficient (Wildman–Crippen LogP) is 1.19. The van der Waals surface area contributed by atoms with Crippen molar-refractivity contribution in [3.8, 4) is 0 Å². The molecule has 1 aliphatic carbocycles. The molecule has 0 saturated heterocycles. The number of rotatable bonds is 6. The van der Waals surface area contributed by atoms with Gasteiger partial charge in [-0.2, -0.15) is 0 Å². The highest BCUT2D eigenvalue weighted by molar-refractivity contribution is 7.10. The molecule has 6 nitrogen and oxygen atoms in total. The summed E-state index contributed by atoms with van der Waals surface area (Å²) in [4.78, 5) is 35.0. The lowest BCUT2D eigenvalue weighted by molar-refractivity contribution is -0.142. The summed E-state index contributed by atoms with van der Waals surface area (Å²) in [5, 5.41) is 13.4. The predicted molar refractivity (Wildman–Crippen MR) is 71.1 cm³/mol. The maximum atomic E-state index is 12.0. The molecule has 1 aromatic rings. The van der Waals surface area contributed by atoms with Crippen molar-refractivity contribution in [1.29, 1.82) is 0 Å². The van der Waals surface area contributed by atoms with Crippen LogP contribution in [-0.2, 0) is 19.1 Å². The van der Waals surface area contributed by atoms with Crippen LogP contribution in [0.3, 0.4) is 0 Å². The fraction of sp³-hybridized carbons (Fsp3) is 0.462. The Kier molecular flexibility index (Phi) is 4.39. The molecule has 20 heavy (non-hydrogen) atoms. The van der Waals surface area contributed by atoms with E-state index in [-0.39, 0.29) is 12.3 Å². The lowest BCUT2D eigenvalue weighted by atomic mass is 10.1. The van der Waals surface area contributed by atoms with Crippen LogP contribution < -0.4 is 5.32 Å². The van der Waals surface area contributed by atoms with E-state index < -0.39 is 29.8 Å². The summed E-state index contributed by atoms with van der Waals surface area (Å²) in [6.45, 7) is 0. The van der Waals surface area contributed by atoms with E-state index in [4.69, 9.17) is 5.11 Å². The lowest BCUT2D eigenvalue weighted by Crippen LogP contribution is -2.32. The van der Waals surface area contributed by atoms with Crippen LogP contribution in [0.1, 0.15) is 23.8 Å². The van der Waals surface area contributed by atoms with E-state index in [1.165, 1.54) is 18.4 Å². The molecule has 2 N–H and O–H groups in total. The molecule has 0 bridgehead atoms. The Labute approximate surface area is 119 Å². The second-order valence-corrected chi connectivity index (χ2v) is 5.62. The van der Waals surface area contributed by atoms with Crippen molar-refractivity contribution in [2.45, 2.75) is 18.9 Å². The van der Waals surface area contributed by atoms with Gasteiger partial charge in [0.15, 0.2) is 0 Å². The number of carbonyl (C=O) groups excluding carboxylic acids is 2. The number of ether oxygens (including phenoxy) is 1. The van der Waals surface area contributed by atoms with Crippen LogP contribution in [0.5, 0.6) is 0 Å². The molecule has 0 spiro atoms. The molecule has 3 atom stereocenters. The van der Waals surface area contributed by atoms with Crippen LogP contribution in [0.15, 0.2) is 17.5 Å². The molecule has 1 aromatic heterocycles. The molecule has 1 heterocycles. The molecule has 1 amide bonds. The van der Waals surface area contributed by atoms with E-state index in [9.17, 15) is 14.4 Å². The van der Waals surface area contributed by atoms with Crippen LogP contribution in [0.4, 0.5) is 0 Å². The van der Waals surface area contributed by atoms with Gasteiger partial charge in [-0.15, -0.1) is 11.3 Å². The number of carboxylic acid groups (broad SMARTS) is 1. The number of methoxy groups -OCH3 is 1. The van der Waals surface area contributed by atoms with Crippen molar-refractivity contribution in [1.82, 2.24) is 5.32 Å². The first-order valence-corrected chi connectivity index (χ1v) is 7.04. The van der Waals surface area contributed by atoms with E-state index in [1.807, 2.05) is 17.5 Å². The summed E-state index contributed by atoms with van der Waals surface area (Å²) >= 11 is 1.43. The minimum Gasteiger partial charge on any atom is -0.481 e. The molecule has 1 aliphatic rings. The average molecular weight is 297 g/mol. The largest absolute Gasteiger partial charge is 0.481 e. The Hall–Kier alpha value is -1.89. The van der Waals surface area contributed by atoms with Crippen LogP contribution in [0.25, 0.3) is 0 Å². The van der Waals surface area contributed by atoms with Crippen molar-refractivity contribution in [3.63, 3.8) is 0 Å². The molecule has 108 valence electrons. The smallest absolute Gasteiger partial charge is 0.307 e. The molecule has 3 unspecified atom stereocenters. The number of nitrogens with one attached hydrogen (secondary N) is 1. The van der Waals surface area contributed by atoms with Gasteiger partial charge in [0.05, 0.1) is 31.4 Å². The molecule has 0 aliphatic heterocycles. The number of carbonyl (C=O) groups is 3. The first-order valence-electron chi connectivity index (χ1n) is 6.16. The molecule has 0 radical (unpaired) electrons. The van der Waals surface area contributed by atoms with Gasteiger partial charge in [-0.3, -0.25) is 14.4 Å². The third kappa shape index (κ3) is 3.36. The Morgan fingerprint density at radius 2 is 2.25 bits per heavy atom. The summed E-state index contributed by atoms with van der Waals surface area (Å²) in [5.74, 6) is -2.79. The fourth-order valence-electron chi connectivity index (χ4n) is 2.00. The molecule has 1 fully saturated rings. The minimum atomic E-state index is -0.953. The third-order valence-corrected chi connectivity index (χ3v) is 4.23. The second kappa shape index (κ2) is 6.04. The first-order chi connectivity index (χ1) is 9.52. The van der Waals surface area contributed by atoms with Crippen molar-refractivity contribution in [3.05, 3.63) is 22.4 Å². The standard InChI is InChI=1S/C13H15NO5S/c1-19-11(15)6-9(10-3-2-4-20-10)14-12(16)7-5-8(7)13(17)18/h2-4,7-9H,5-6H2,1H3,(H,14,16)(H,17,18). The van der Waals surface area contributed by atoms with E-state index in [0.29, 0.717) is 6.42 Å². The SMILES string of the molecule is COC(=O)CC(NC(=O)C1CC1C(=O)O)c1cccs1. The quantitative estimate of drug-likeness (QED) is 0.769. The van der Waals surface area contributed by atoms with Crippen molar-refractivity contribution in [2.24, 2.45) is 11.8 Å². The molecular formula is C13H15NO5S. The topological polar surface area (TPSA) is 92.7 Å². The Morgan fingerprint density at radius 3 is 2.75 bits per heavy atom. The van der Waals surface area contributed by atoms with Gasteiger partial charge < -0.3 is 15.2 Å². The summed E-state index contributed by atoms with van der Waals surface area (Å²) in [6, 6.07) is 3.18. The van der Waals surface area contributed by atoms with Gasteiger partial charge >= 0.3 is 11.9 Å². The average Bonchev–Trinajstić information content (AvgIpc) is 3.05. The summed E-state index contributed by atoms with van der Waals surface area (Å²) in [5.41, 5.74) is 0. The Bertz CT molecular complexity index is 513. The fourth-order valence-corrected chi connectivity index (χ4v) is 2.78. The maximum Gasteiger partial charge on any atom is 0.307 e. The highest BCUT2D eigenvalue weighted by Crippen LogP contribution is 2.39. The van der Waals surface area contributed by atoms with Crippen molar-refractivity contribution >= 4 is 29.2 Å². The van der Waals surface area contributed by atoms with Gasteiger partial charge in [0.1, 0.15) is 0 Å². The summed E-state index contributed by atoms with van der Waals surface area (Å²) < 4.78 is 4.62. The molecule has 1 saturated carbocycles. The normalized spacial score (nSPS) is 21.9. The van der Waals surface area contributed by atoms with Crippen molar-refractivity contribution in [2.75, 3.05) is 7.11 Å². The zero-order chi connectivity index (χ0) is 14.7. The van der Waals surface area contributed by atoms with Gasteiger partial charge in [-0.05, 0) is 17.9 Å². The van der Waals surface area contributed by atoms with E-state index in [2.05, 4.69) is 10.1 Å². The highest BCUT2D eigenvalue weighted by Gasteiger charge is 2.48. The van der Waals surface area contributed by atoms with Crippen LogP contribution in [0, 0.1) is 11.8 Å². The highest BCUT2D eigenvalue weighted by atomic mass is 32.1. The number of amides is 1. The van der Waals surface area contributed by atoms with E-state index >= 15 is 0 Å². The lowest BCUT2D eigenvalue weighted by Gasteiger charge is -2.16. The van der Waals surface area contributed by atoms with Crippen LogP contribution in [-0.4, -0.2) is 30.1 Å². The number of carboxylic acids is 1. The third-order valence-electron chi connectivity index (χ3n) is 3.25. The van der Waals surface area contributed by atoms with Gasteiger partial charge in [0, 0.05) is 4.88 Å².